The Morgan fingerprint density at radius 2 is 1.97 bits per heavy atom. The van der Waals surface area contributed by atoms with Crippen molar-refractivity contribution in [2.45, 2.75) is 58.5 Å². The van der Waals surface area contributed by atoms with Crippen molar-refractivity contribution in [3.8, 4) is 27.4 Å². The van der Waals surface area contributed by atoms with Crippen molar-refractivity contribution >= 4 is 22.9 Å². The van der Waals surface area contributed by atoms with E-state index in [0.717, 1.165) is 64.3 Å². The third kappa shape index (κ3) is 3.50. The number of azide groups is 1. The van der Waals surface area contributed by atoms with Gasteiger partial charge in [0.25, 0.3) is 5.91 Å². The van der Waals surface area contributed by atoms with Gasteiger partial charge in [-0.25, -0.2) is 0 Å². The first-order valence-corrected chi connectivity index (χ1v) is 12.2. The summed E-state index contributed by atoms with van der Waals surface area (Å²) in [5, 5.41) is 16.1. The van der Waals surface area contributed by atoms with Gasteiger partial charge in [-0.3, -0.25) is 4.79 Å². The van der Waals surface area contributed by atoms with Crippen LogP contribution in [0.4, 0.5) is 5.69 Å². The second-order valence-corrected chi connectivity index (χ2v) is 10.6. The van der Waals surface area contributed by atoms with Gasteiger partial charge in [-0.15, -0.1) is 11.3 Å². The molecular weight excluding hydrogens is 434 g/mol. The van der Waals surface area contributed by atoms with Crippen LogP contribution in [0.25, 0.3) is 32.1 Å². The molecule has 1 amide bonds. The molecule has 170 valence electrons. The molecule has 8 heteroatoms. The molecule has 0 saturated heterocycles. The summed E-state index contributed by atoms with van der Waals surface area (Å²) < 4.78 is 2.18. The van der Waals surface area contributed by atoms with E-state index in [1.165, 1.54) is 0 Å². The van der Waals surface area contributed by atoms with Crippen LogP contribution < -0.4 is 0 Å². The second-order valence-electron chi connectivity index (χ2n) is 9.70. The standard InChI is InChI=1S/C25H27N5O2S/c1-25(2,3)30-10-5-4-7-16-21(20-8-6-12-33-20)22-17-14-18(27-28-26)19(31)13-15(17)9-11-29(22)23(16)24(30)32/h6,8,12-14,31H,4-5,7,9-11H2,1-3H3. The fourth-order valence-electron chi connectivity index (χ4n) is 5.20. The summed E-state index contributed by atoms with van der Waals surface area (Å²) in [6.07, 6.45) is 3.53. The van der Waals surface area contributed by atoms with Gasteiger partial charge < -0.3 is 14.6 Å². The number of phenols is 1. The summed E-state index contributed by atoms with van der Waals surface area (Å²) in [5.41, 5.74) is 14.8. The smallest absolute Gasteiger partial charge is 0.271 e. The van der Waals surface area contributed by atoms with E-state index in [0.29, 0.717) is 13.0 Å². The lowest BCUT2D eigenvalue weighted by Crippen LogP contribution is -2.47. The van der Waals surface area contributed by atoms with E-state index < -0.39 is 0 Å². The van der Waals surface area contributed by atoms with Gasteiger partial charge in [-0.1, -0.05) is 11.2 Å². The first-order chi connectivity index (χ1) is 15.8. The van der Waals surface area contributed by atoms with Gasteiger partial charge in [0.1, 0.15) is 11.4 Å². The fourth-order valence-corrected chi connectivity index (χ4v) is 6.00. The first-order valence-electron chi connectivity index (χ1n) is 11.3. The number of phenolic OH excluding ortho intramolecular Hbond substituents is 1. The van der Waals surface area contributed by atoms with Crippen LogP contribution >= 0.6 is 11.3 Å². The van der Waals surface area contributed by atoms with Gasteiger partial charge >= 0.3 is 0 Å². The maximum Gasteiger partial charge on any atom is 0.271 e. The van der Waals surface area contributed by atoms with Crippen molar-refractivity contribution in [1.29, 1.82) is 0 Å². The van der Waals surface area contributed by atoms with E-state index >= 15 is 0 Å². The van der Waals surface area contributed by atoms with Crippen molar-refractivity contribution in [2.75, 3.05) is 6.54 Å². The quantitative estimate of drug-likeness (QED) is 0.262. The maximum atomic E-state index is 14.0. The molecule has 0 radical (unpaired) electrons. The van der Waals surface area contributed by atoms with Gasteiger partial charge in [-0.2, -0.15) is 0 Å². The van der Waals surface area contributed by atoms with Crippen LogP contribution in [-0.4, -0.2) is 32.6 Å². The first kappa shape index (κ1) is 21.6. The molecule has 0 bridgehead atoms. The fraction of sp³-hybridized carbons (Fsp3) is 0.400. The molecule has 0 spiro atoms. The van der Waals surface area contributed by atoms with E-state index in [9.17, 15) is 9.90 Å². The summed E-state index contributed by atoms with van der Waals surface area (Å²) >= 11 is 1.67. The maximum absolute atomic E-state index is 14.0. The van der Waals surface area contributed by atoms with Gasteiger partial charge in [0.15, 0.2) is 0 Å². The van der Waals surface area contributed by atoms with Gasteiger partial charge in [0.05, 0.1) is 11.4 Å². The monoisotopic (exact) mass is 461 g/mol. The highest BCUT2D eigenvalue weighted by atomic mass is 32.1. The SMILES string of the molecule is CC(C)(C)N1CCCCc2c(-c3cccs3)c3n(c2C1=O)CCc1cc(O)c(N=[N+]=[N-])cc1-3. The summed E-state index contributed by atoms with van der Waals surface area (Å²) in [7, 11) is 0. The molecule has 0 aliphatic carbocycles. The molecule has 5 rings (SSSR count). The zero-order valence-corrected chi connectivity index (χ0v) is 19.9. The number of aromatic nitrogens is 1. The van der Waals surface area contributed by atoms with Crippen LogP contribution in [0.15, 0.2) is 34.8 Å². The molecule has 0 atom stereocenters. The minimum Gasteiger partial charge on any atom is -0.507 e. The minimum atomic E-state index is -0.271. The average molecular weight is 462 g/mol. The molecule has 2 aliphatic heterocycles. The number of rotatable bonds is 2. The molecule has 7 nitrogen and oxygen atoms in total. The molecule has 1 aromatic carbocycles. The Balaban J connectivity index is 1.84. The van der Waals surface area contributed by atoms with Crippen LogP contribution in [-0.2, 0) is 19.4 Å². The number of hydrogen-bond donors (Lipinski definition) is 1. The van der Waals surface area contributed by atoms with Gasteiger partial charge in [0.2, 0.25) is 0 Å². The molecule has 4 heterocycles. The van der Waals surface area contributed by atoms with Crippen LogP contribution in [0.5, 0.6) is 5.75 Å². The highest BCUT2D eigenvalue weighted by molar-refractivity contribution is 7.13. The predicted molar refractivity (Wildman–Crippen MR) is 131 cm³/mol. The zero-order chi connectivity index (χ0) is 23.3. The van der Waals surface area contributed by atoms with E-state index in [4.69, 9.17) is 5.53 Å². The number of fused-ring (bicyclic) bond motifs is 5. The van der Waals surface area contributed by atoms with Crippen LogP contribution in [0, 0.1) is 0 Å². The number of carbonyl (C=O) groups is 1. The Labute approximate surface area is 196 Å². The van der Waals surface area contributed by atoms with Crippen molar-refractivity contribution < 1.29 is 9.90 Å². The summed E-state index contributed by atoms with van der Waals surface area (Å²) in [5.74, 6) is 0.0660. The number of carbonyl (C=O) groups excluding carboxylic acids is 1. The van der Waals surface area contributed by atoms with Crippen molar-refractivity contribution in [2.24, 2.45) is 5.11 Å². The molecule has 2 aliphatic rings. The summed E-state index contributed by atoms with van der Waals surface area (Å²) in [6.45, 7) is 7.70. The lowest BCUT2D eigenvalue weighted by Gasteiger charge is -2.37. The van der Waals surface area contributed by atoms with Crippen LogP contribution in [0.1, 0.15) is 55.2 Å². The number of aryl methyl sites for hydroxylation is 1. The average Bonchev–Trinajstić information content (AvgIpc) is 3.37. The third-order valence-corrected chi connectivity index (χ3v) is 7.55. The molecule has 3 aromatic rings. The Morgan fingerprint density at radius 1 is 1.15 bits per heavy atom. The Bertz CT molecular complexity index is 1290. The largest absolute Gasteiger partial charge is 0.507 e. The third-order valence-electron chi connectivity index (χ3n) is 6.66. The van der Waals surface area contributed by atoms with E-state index in [1.807, 2.05) is 11.0 Å². The van der Waals surface area contributed by atoms with Crippen molar-refractivity contribution in [3.63, 3.8) is 0 Å². The number of nitrogens with zero attached hydrogens (tertiary/aromatic N) is 5. The van der Waals surface area contributed by atoms with Gasteiger partial charge in [0, 0.05) is 39.5 Å². The highest BCUT2D eigenvalue weighted by Crippen LogP contribution is 2.48. The number of hydrogen-bond acceptors (Lipinski definition) is 4. The highest BCUT2D eigenvalue weighted by Gasteiger charge is 2.37. The van der Waals surface area contributed by atoms with Gasteiger partial charge in [-0.05, 0) is 86.7 Å². The Morgan fingerprint density at radius 3 is 2.67 bits per heavy atom. The normalized spacial score (nSPS) is 15.7. The molecule has 2 aromatic heterocycles. The number of aromatic hydroxyl groups is 1. The number of thiophene rings is 1. The van der Waals surface area contributed by atoms with Crippen LogP contribution in [0.2, 0.25) is 0 Å². The van der Waals surface area contributed by atoms with E-state index in [-0.39, 0.29) is 22.9 Å². The summed E-state index contributed by atoms with van der Waals surface area (Å²) in [4.78, 5) is 20.0. The zero-order valence-electron chi connectivity index (χ0n) is 19.1. The molecule has 0 unspecified atom stereocenters. The Kier molecular flexibility index (Phi) is 5.22. The summed E-state index contributed by atoms with van der Waals surface area (Å²) in [6, 6.07) is 7.62. The minimum absolute atomic E-state index is 0.0161. The van der Waals surface area contributed by atoms with Crippen molar-refractivity contribution in [1.82, 2.24) is 9.47 Å². The number of benzene rings is 1. The van der Waals surface area contributed by atoms with E-state index in [2.05, 4.69) is 46.8 Å². The lowest BCUT2D eigenvalue weighted by molar-refractivity contribution is 0.0558. The topological polar surface area (TPSA) is 94.2 Å². The van der Waals surface area contributed by atoms with Crippen molar-refractivity contribution in [3.05, 3.63) is 56.9 Å². The lowest BCUT2D eigenvalue weighted by atomic mass is 9.92. The number of amides is 1. The Hall–Kier alpha value is -3.22. The molecule has 0 fully saturated rings. The molecule has 1 N–H and O–H groups in total. The molecule has 33 heavy (non-hydrogen) atoms. The predicted octanol–water partition coefficient (Wildman–Crippen LogP) is 6.66. The second kappa shape index (κ2) is 7.97. The van der Waals surface area contributed by atoms with Crippen LogP contribution in [0.3, 0.4) is 0 Å². The van der Waals surface area contributed by atoms with E-state index in [1.54, 1.807) is 23.5 Å². The molecular formula is C25H27N5O2S. The molecule has 0 saturated carbocycles.